The topological polar surface area (TPSA) is 29.9 Å². The second-order valence-electron chi connectivity index (χ2n) is 5.76. The Morgan fingerprint density at radius 3 is 2.80 bits per heavy atom. The third-order valence-electron chi connectivity index (χ3n) is 4.27. The SMILES string of the molecule is Cc1cc(CNc2nccn2C2CCCCC2)sc1C. The average Bonchev–Trinajstić information content (AvgIpc) is 3.05. The summed E-state index contributed by atoms with van der Waals surface area (Å²) in [5.74, 6) is 1.03. The van der Waals surface area contributed by atoms with Crippen LogP contribution < -0.4 is 5.32 Å². The van der Waals surface area contributed by atoms with Gasteiger partial charge < -0.3 is 9.88 Å². The molecule has 0 atom stereocenters. The maximum absolute atomic E-state index is 4.49. The highest BCUT2D eigenvalue weighted by Gasteiger charge is 2.17. The second kappa shape index (κ2) is 6.00. The fourth-order valence-electron chi connectivity index (χ4n) is 3.01. The Morgan fingerprint density at radius 2 is 2.10 bits per heavy atom. The Hall–Kier alpha value is -1.29. The van der Waals surface area contributed by atoms with Crippen LogP contribution >= 0.6 is 11.3 Å². The van der Waals surface area contributed by atoms with Crippen molar-refractivity contribution in [3.8, 4) is 0 Å². The Kier molecular flexibility index (Phi) is 4.10. The van der Waals surface area contributed by atoms with Crippen molar-refractivity contribution in [3.05, 3.63) is 33.8 Å². The molecule has 2 aromatic rings. The summed E-state index contributed by atoms with van der Waals surface area (Å²) < 4.78 is 2.34. The number of imidazole rings is 1. The van der Waals surface area contributed by atoms with Crippen LogP contribution in [0.15, 0.2) is 18.5 Å². The summed E-state index contributed by atoms with van der Waals surface area (Å²) >= 11 is 1.88. The van der Waals surface area contributed by atoms with E-state index in [0.29, 0.717) is 6.04 Å². The van der Waals surface area contributed by atoms with Crippen LogP contribution in [0, 0.1) is 13.8 Å². The first-order chi connectivity index (χ1) is 9.74. The molecule has 1 aliphatic carbocycles. The molecule has 20 heavy (non-hydrogen) atoms. The Labute approximate surface area is 125 Å². The molecule has 3 nitrogen and oxygen atoms in total. The normalized spacial score (nSPS) is 16.5. The van der Waals surface area contributed by atoms with E-state index < -0.39 is 0 Å². The van der Waals surface area contributed by atoms with Crippen LogP contribution in [0.2, 0.25) is 0 Å². The number of anilines is 1. The highest BCUT2D eigenvalue weighted by Crippen LogP contribution is 2.30. The van der Waals surface area contributed by atoms with E-state index in [1.807, 2.05) is 17.5 Å². The molecule has 0 aliphatic heterocycles. The second-order valence-corrected chi connectivity index (χ2v) is 7.10. The van der Waals surface area contributed by atoms with Gasteiger partial charge in [0.05, 0.1) is 6.54 Å². The molecule has 0 bridgehead atoms. The lowest BCUT2D eigenvalue weighted by Crippen LogP contribution is -2.15. The van der Waals surface area contributed by atoms with E-state index in [1.54, 1.807) is 0 Å². The minimum Gasteiger partial charge on any atom is -0.351 e. The van der Waals surface area contributed by atoms with Gasteiger partial charge in [0.25, 0.3) is 0 Å². The lowest BCUT2D eigenvalue weighted by atomic mass is 9.95. The van der Waals surface area contributed by atoms with E-state index in [9.17, 15) is 0 Å². The molecule has 4 heteroatoms. The van der Waals surface area contributed by atoms with Crippen molar-refractivity contribution in [1.29, 1.82) is 0 Å². The third kappa shape index (κ3) is 2.90. The van der Waals surface area contributed by atoms with E-state index >= 15 is 0 Å². The van der Waals surface area contributed by atoms with Crippen LogP contribution in [0.4, 0.5) is 5.95 Å². The van der Waals surface area contributed by atoms with Crippen LogP contribution in [0.1, 0.15) is 53.5 Å². The van der Waals surface area contributed by atoms with Crippen LogP contribution in [0.5, 0.6) is 0 Å². The quantitative estimate of drug-likeness (QED) is 0.885. The van der Waals surface area contributed by atoms with Crippen LogP contribution in [-0.4, -0.2) is 9.55 Å². The van der Waals surface area contributed by atoms with E-state index in [-0.39, 0.29) is 0 Å². The zero-order valence-corrected chi connectivity index (χ0v) is 13.2. The molecule has 2 heterocycles. The number of nitrogens with one attached hydrogen (secondary N) is 1. The van der Waals surface area contributed by atoms with Crippen molar-refractivity contribution < 1.29 is 0 Å². The highest BCUT2D eigenvalue weighted by atomic mass is 32.1. The molecule has 0 unspecified atom stereocenters. The van der Waals surface area contributed by atoms with Crippen molar-refractivity contribution in [2.24, 2.45) is 0 Å². The average molecular weight is 289 g/mol. The van der Waals surface area contributed by atoms with Gasteiger partial charge in [-0.15, -0.1) is 11.3 Å². The van der Waals surface area contributed by atoms with Gasteiger partial charge in [0.15, 0.2) is 0 Å². The molecular formula is C16H23N3S. The molecule has 0 amide bonds. The van der Waals surface area contributed by atoms with Gasteiger partial charge >= 0.3 is 0 Å². The molecule has 108 valence electrons. The third-order valence-corrected chi connectivity index (χ3v) is 5.43. The molecule has 2 aromatic heterocycles. The van der Waals surface area contributed by atoms with Crippen LogP contribution in [0.3, 0.4) is 0 Å². The van der Waals surface area contributed by atoms with E-state index in [0.717, 1.165) is 12.5 Å². The summed E-state index contributed by atoms with van der Waals surface area (Å²) in [7, 11) is 0. The largest absolute Gasteiger partial charge is 0.351 e. The van der Waals surface area contributed by atoms with Crippen molar-refractivity contribution in [2.75, 3.05) is 5.32 Å². The molecule has 1 N–H and O–H groups in total. The van der Waals surface area contributed by atoms with E-state index in [4.69, 9.17) is 0 Å². The molecule has 1 aliphatic rings. The summed E-state index contributed by atoms with van der Waals surface area (Å²) in [6.45, 7) is 5.24. The van der Waals surface area contributed by atoms with Gasteiger partial charge in [0.2, 0.25) is 5.95 Å². The first-order valence-corrected chi connectivity index (χ1v) is 8.38. The van der Waals surface area contributed by atoms with Gasteiger partial charge in [0, 0.05) is 28.2 Å². The number of aromatic nitrogens is 2. The maximum Gasteiger partial charge on any atom is 0.203 e. The standard InChI is InChI=1S/C16H23N3S/c1-12-10-15(20-13(12)2)11-18-16-17-8-9-19(16)14-6-4-3-5-7-14/h8-10,14H,3-7,11H2,1-2H3,(H,17,18). The van der Waals surface area contributed by atoms with E-state index in [1.165, 1.54) is 47.4 Å². The van der Waals surface area contributed by atoms with Crippen molar-refractivity contribution in [2.45, 2.75) is 58.5 Å². The van der Waals surface area contributed by atoms with Crippen molar-refractivity contribution >= 4 is 17.3 Å². The monoisotopic (exact) mass is 289 g/mol. The lowest BCUT2D eigenvalue weighted by molar-refractivity contribution is 0.356. The Morgan fingerprint density at radius 1 is 1.30 bits per heavy atom. The molecule has 0 aromatic carbocycles. The van der Waals surface area contributed by atoms with Gasteiger partial charge in [0.1, 0.15) is 0 Å². The number of nitrogens with zero attached hydrogens (tertiary/aromatic N) is 2. The minimum atomic E-state index is 0.639. The molecule has 1 fully saturated rings. The molecule has 0 radical (unpaired) electrons. The highest BCUT2D eigenvalue weighted by molar-refractivity contribution is 7.12. The van der Waals surface area contributed by atoms with Gasteiger partial charge in [-0.1, -0.05) is 19.3 Å². The molecule has 0 spiro atoms. The smallest absolute Gasteiger partial charge is 0.203 e. The summed E-state index contributed by atoms with van der Waals surface area (Å²) in [6.07, 6.45) is 10.7. The van der Waals surface area contributed by atoms with Crippen molar-refractivity contribution in [1.82, 2.24) is 9.55 Å². The van der Waals surface area contributed by atoms with Crippen molar-refractivity contribution in [3.63, 3.8) is 0 Å². The molecule has 3 rings (SSSR count). The molecule has 0 saturated heterocycles. The zero-order valence-electron chi connectivity index (χ0n) is 12.4. The Bertz CT molecular complexity index is 545. The number of hydrogen-bond acceptors (Lipinski definition) is 3. The summed E-state index contributed by atoms with van der Waals surface area (Å²) in [6, 6.07) is 2.92. The minimum absolute atomic E-state index is 0.639. The summed E-state index contributed by atoms with van der Waals surface area (Å²) in [4.78, 5) is 7.29. The van der Waals surface area contributed by atoms with Gasteiger partial charge in [-0.2, -0.15) is 0 Å². The van der Waals surface area contributed by atoms with Gasteiger partial charge in [-0.25, -0.2) is 4.98 Å². The number of thiophene rings is 1. The summed E-state index contributed by atoms with van der Waals surface area (Å²) in [5.41, 5.74) is 1.39. The fraction of sp³-hybridized carbons (Fsp3) is 0.562. The van der Waals surface area contributed by atoms with E-state index in [2.05, 4.69) is 41.0 Å². The first-order valence-electron chi connectivity index (χ1n) is 7.56. The zero-order chi connectivity index (χ0) is 13.9. The van der Waals surface area contributed by atoms with Gasteiger partial charge in [-0.3, -0.25) is 0 Å². The predicted octanol–water partition coefficient (Wildman–Crippen LogP) is 4.68. The Balaban J connectivity index is 1.67. The fourth-order valence-corrected chi connectivity index (χ4v) is 4.00. The lowest BCUT2D eigenvalue weighted by Gasteiger charge is -2.24. The first kappa shape index (κ1) is 13.7. The number of hydrogen-bond donors (Lipinski definition) is 1. The molecule has 1 saturated carbocycles. The number of rotatable bonds is 4. The van der Waals surface area contributed by atoms with Gasteiger partial charge in [-0.05, 0) is 38.3 Å². The van der Waals surface area contributed by atoms with Crippen LogP contribution in [-0.2, 0) is 6.54 Å². The summed E-state index contributed by atoms with van der Waals surface area (Å²) in [5, 5.41) is 3.51. The predicted molar refractivity (Wildman–Crippen MR) is 85.5 cm³/mol. The molecular weight excluding hydrogens is 266 g/mol. The van der Waals surface area contributed by atoms with Crippen LogP contribution in [0.25, 0.3) is 0 Å². The number of aryl methyl sites for hydroxylation is 2. The maximum atomic E-state index is 4.49.